The van der Waals surface area contributed by atoms with Crippen LogP contribution in [0.25, 0.3) is 0 Å². The van der Waals surface area contributed by atoms with E-state index in [0.29, 0.717) is 17.7 Å². The van der Waals surface area contributed by atoms with Gasteiger partial charge in [-0.1, -0.05) is 28.1 Å². The van der Waals surface area contributed by atoms with Gasteiger partial charge in [-0.2, -0.15) is 0 Å². The van der Waals surface area contributed by atoms with Crippen molar-refractivity contribution in [2.24, 2.45) is 0 Å². The lowest BCUT2D eigenvalue weighted by molar-refractivity contribution is 0.0471. The van der Waals surface area contributed by atoms with E-state index in [0.717, 1.165) is 4.47 Å². The van der Waals surface area contributed by atoms with E-state index in [1.165, 1.54) is 0 Å². The summed E-state index contributed by atoms with van der Waals surface area (Å²) in [6.07, 6.45) is 0. The van der Waals surface area contributed by atoms with Crippen molar-refractivity contribution in [3.8, 4) is 0 Å². The predicted octanol–water partition coefficient (Wildman–Crippen LogP) is 4.22. The molecule has 0 aliphatic heterocycles. The van der Waals surface area contributed by atoms with Crippen LogP contribution >= 0.6 is 15.9 Å². The van der Waals surface area contributed by atoms with Crippen molar-refractivity contribution in [3.05, 3.63) is 69.4 Å². The molecule has 0 spiro atoms. The summed E-state index contributed by atoms with van der Waals surface area (Å²) >= 11 is 3.26. The van der Waals surface area contributed by atoms with Gasteiger partial charge in [0.2, 0.25) is 0 Å². The topological polar surface area (TPSA) is 26.3 Å². The Labute approximate surface area is 121 Å². The Bertz CT molecular complexity index is 618. The molecular weight excluding hydrogens is 337 g/mol. The molecule has 104 valence electrons. The molecule has 0 unspecified atom stereocenters. The zero-order chi connectivity index (χ0) is 14.7. The fourth-order valence-corrected chi connectivity index (χ4v) is 1.75. The lowest BCUT2D eigenvalue weighted by Crippen LogP contribution is -2.07. The van der Waals surface area contributed by atoms with Crippen molar-refractivity contribution in [3.63, 3.8) is 0 Å². The minimum atomic E-state index is -1.62. The minimum Gasteiger partial charge on any atom is -0.457 e. The van der Waals surface area contributed by atoms with Gasteiger partial charge in [-0.05, 0) is 29.8 Å². The molecule has 2 aromatic rings. The molecule has 20 heavy (non-hydrogen) atoms. The average Bonchev–Trinajstić information content (AvgIpc) is 2.43. The third kappa shape index (κ3) is 3.39. The van der Waals surface area contributed by atoms with Crippen LogP contribution in [0.4, 0.5) is 13.2 Å². The van der Waals surface area contributed by atoms with Crippen molar-refractivity contribution >= 4 is 21.9 Å². The van der Waals surface area contributed by atoms with Crippen LogP contribution in [0.5, 0.6) is 0 Å². The third-order valence-electron chi connectivity index (χ3n) is 2.50. The number of halogens is 4. The van der Waals surface area contributed by atoms with Crippen LogP contribution in [0.2, 0.25) is 0 Å². The van der Waals surface area contributed by atoms with Crippen LogP contribution in [0.1, 0.15) is 15.9 Å². The highest BCUT2D eigenvalue weighted by Crippen LogP contribution is 2.16. The van der Waals surface area contributed by atoms with E-state index in [2.05, 4.69) is 15.9 Å². The van der Waals surface area contributed by atoms with E-state index in [1.807, 2.05) is 0 Å². The first-order valence-corrected chi connectivity index (χ1v) is 6.33. The molecule has 0 saturated heterocycles. The average molecular weight is 345 g/mol. The van der Waals surface area contributed by atoms with Crippen molar-refractivity contribution < 1.29 is 22.7 Å². The van der Waals surface area contributed by atoms with Crippen LogP contribution in [0.3, 0.4) is 0 Å². The number of ether oxygens (including phenoxy) is 1. The molecule has 2 nitrogen and oxygen atoms in total. The molecule has 0 saturated carbocycles. The number of rotatable bonds is 3. The van der Waals surface area contributed by atoms with E-state index >= 15 is 0 Å². The van der Waals surface area contributed by atoms with E-state index in [-0.39, 0.29) is 12.2 Å². The van der Waals surface area contributed by atoms with Gasteiger partial charge in [0.1, 0.15) is 6.61 Å². The molecule has 0 bridgehead atoms. The Morgan fingerprint density at radius 2 is 1.60 bits per heavy atom. The maximum atomic E-state index is 13.0. The van der Waals surface area contributed by atoms with Gasteiger partial charge in [-0.15, -0.1) is 0 Å². The zero-order valence-corrected chi connectivity index (χ0v) is 11.6. The van der Waals surface area contributed by atoms with Crippen LogP contribution in [-0.2, 0) is 11.3 Å². The molecule has 2 rings (SSSR count). The second-order valence-corrected chi connectivity index (χ2v) is 4.87. The highest BCUT2D eigenvalue weighted by molar-refractivity contribution is 9.10. The summed E-state index contributed by atoms with van der Waals surface area (Å²) in [4.78, 5) is 11.6. The third-order valence-corrected chi connectivity index (χ3v) is 3.03. The molecule has 0 radical (unpaired) electrons. The number of carbonyl (C=O) groups excluding carboxylic acids is 1. The minimum absolute atomic E-state index is 0.0489. The van der Waals surface area contributed by atoms with Gasteiger partial charge >= 0.3 is 5.97 Å². The Kier molecular flexibility index (Phi) is 4.44. The van der Waals surface area contributed by atoms with Crippen molar-refractivity contribution in [2.45, 2.75) is 6.61 Å². The molecule has 0 heterocycles. The quantitative estimate of drug-likeness (QED) is 0.615. The summed E-state index contributed by atoms with van der Waals surface area (Å²) in [6.45, 7) is -0.0489. The molecule has 0 atom stereocenters. The van der Waals surface area contributed by atoms with Crippen LogP contribution in [0, 0.1) is 17.5 Å². The number of hydrogen-bond acceptors (Lipinski definition) is 2. The summed E-state index contributed by atoms with van der Waals surface area (Å²) in [5.74, 6) is -5.40. The largest absolute Gasteiger partial charge is 0.457 e. The number of hydrogen-bond donors (Lipinski definition) is 0. The highest BCUT2D eigenvalue weighted by Gasteiger charge is 2.16. The normalized spacial score (nSPS) is 10.4. The molecule has 0 N–H and O–H groups in total. The first kappa shape index (κ1) is 14.6. The van der Waals surface area contributed by atoms with Gasteiger partial charge in [0.05, 0.1) is 5.56 Å². The van der Waals surface area contributed by atoms with Gasteiger partial charge in [0.25, 0.3) is 0 Å². The Hall–Kier alpha value is -1.82. The first-order chi connectivity index (χ1) is 9.47. The van der Waals surface area contributed by atoms with Crippen LogP contribution in [-0.4, -0.2) is 5.97 Å². The van der Waals surface area contributed by atoms with Crippen molar-refractivity contribution in [1.29, 1.82) is 0 Å². The standard InChI is InChI=1S/C14H8BrF3O2/c15-10-3-1-8(2-4-10)7-20-14(19)9-5-11(16)13(18)12(17)6-9/h1-6H,7H2. The predicted molar refractivity (Wildman–Crippen MR) is 69.6 cm³/mol. The Balaban J connectivity index is 2.07. The van der Waals surface area contributed by atoms with Gasteiger partial charge in [0.15, 0.2) is 17.5 Å². The molecule has 6 heteroatoms. The van der Waals surface area contributed by atoms with E-state index in [4.69, 9.17) is 4.74 Å². The van der Waals surface area contributed by atoms with E-state index < -0.39 is 23.4 Å². The lowest BCUT2D eigenvalue weighted by Gasteiger charge is -2.06. The van der Waals surface area contributed by atoms with Crippen LogP contribution < -0.4 is 0 Å². The first-order valence-electron chi connectivity index (χ1n) is 5.53. The smallest absolute Gasteiger partial charge is 0.338 e. The fraction of sp³-hybridized carbons (Fsp3) is 0.0714. The Morgan fingerprint density at radius 1 is 1.05 bits per heavy atom. The molecular formula is C14H8BrF3O2. The Morgan fingerprint density at radius 3 is 2.15 bits per heavy atom. The maximum Gasteiger partial charge on any atom is 0.338 e. The summed E-state index contributed by atoms with van der Waals surface area (Å²) in [6, 6.07) is 8.18. The number of carbonyl (C=O) groups is 1. The SMILES string of the molecule is O=C(OCc1ccc(Br)cc1)c1cc(F)c(F)c(F)c1. The van der Waals surface area contributed by atoms with E-state index in [9.17, 15) is 18.0 Å². The fourth-order valence-electron chi connectivity index (χ4n) is 1.49. The number of esters is 1. The summed E-state index contributed by atoms with van der Waals surface area (Å²) in [5.41, 5.74) is 0.336. The molecule has 2 aromatic carbocycles. The molecule has 0 aromatic heterocycles. The second-order valence-electron chi connectivity index (χ2n) is 3.96. The van der Waals surface area contributed by atoms with Crippen LogP contribution in [0.15, 0.2) is 40.9 Å². The highest BCUT2D eigenvalue weighted by atomic mass is 79.9. The maximum absolute atomic E-state index is 13.0. The lowest BCUT2D eigenvalue weighted by atomic mass is 10.2. The van der Waals surface area contributed by atoms with E-state index in [1.54, 1.807) is 24.3 Å². The molecule has 0 amide bonds. The van der Waals surface area contributed by atoms with Gasteiger partial charge in [-0.3, -0.25) is 0 Å². The van der Waals surface area contributed by atoms with Crippen molar-refractivity contribution in [2.75, 3.05) is 0 Å². The van der Waals surface area contributed by atoms with Gasteiger partial charge in [0, 0.05) is 4.47 Å². The molecule has 0 aliphatic rings. The zero-order valence-electron chi connectivity index (χ0n) is 10.00. The second kappa shape index (κ2) is 6.09. The monoisotopic (exact) mass is 344 g/mol. The summed E-state index contributed by atoms with van der Waals surface area (Å²) < 4.78 is 44.5. The van der Waals surface area contributed by atoms with Gasteiger partial charge in [-0.25, -0.2) is 18.0 Å². The molecule has 0 aliphatic carbocycles. The number of benzene rings is 2. The summed E-state index contributed by atoms with van der Waals surface area (Å²) in [7, 11) is 0. The molecule has 0 fully saturated rings. The summed E-state index contributed by atoms with van der Waals surface area (Å²) in [5, 5.41) is 0. The van der Waals surface area contributed by atoms with Crippen molar-refractivity contribution in [1.82, 2.24) is 0 Å². The van der Waals surface area contributed by atoms with Gasteiger partial charge < -0.3 is 4.74 Å².